The van der Waals surface area contributed by atoms with E-state index in [1.54, 1.807) is 25.3 Å². The number of aromatic nitrogens is 1. The standard InChI is InChI=1S/C8H12N2O/c1-6(9)8(11)7-4-2-3-5-10-7/h2-6,8,11H,9H2,1H3/t6-,8+/m0/s1. The predicted octanol–water partition coefficient (Wildman–Crippen LogP) is 0.462. The van der Waals surface area contributed by atoms with E-state index in [2.05, 4.69) is 4.98 Å². The Hall–Kier alpha value is -0.930. The molecule has 3 heteroatoms. The summed E-state index contributed by atoms with van der Waals surface area (Å²) in [5.74, 6) is 0. The fourth-order valence-electron chi connectivity index (χ4n) is 0.820. The molecule has 0 fully saturated rings. The van der Waals surface area contributed by atoms with Crippen molar-refractivity contribution >= 4 is 0 Å². The van der Waals surface area contributed by atoms with Crippen LogP contribution in [0.3, 0.4) is 0 Å². The molecular formula is C8H12N2O. The zero-order valence-electron chi connectivity index (χ0n) is 6.44. The molecule has 3 N–H and O–H groups in total. The molecule has 0 aliphatic heterocycles. The first-order chi connectivity index (χ1) is 5.22. The first-order valence-electron chi connectivity index (χ1n) is 3.56. The van der Waals surface area contributed by atoms with E-state index < -0.39 is 6.10 Å². The number of rotatable bonds is 2. The summed E-state index contributed by atoms with van der Waals surface area (Å²) in [7, 11) is 0. The fourth-order valence-corrected chi connectivity index (χ4v) is 0.820. The fraction of sp³-hybridized carbons (Fsp3) is 0.375. The SMILES string of the molecule is C[C@H](N)[C@@H](O)c1ccccn1. The van der Waals surface area contributed by atoms with Gasteiger partial charge >= 0.3 is 0 Å². The lowest BCUT2D eigenvalue weighted by atomic mass is 10.1. The molecule has 11 heavy (non-hydrogen) atoms. The summed E-state index contributed by atoms with van der Waals surface area (Å²) < 4.78 is 0. The van der Waals surface area contributed by atoms with Crippen LogP contribution in [0.2, 0.25) is 0 Å². The van der Waals surface area contributed by atoms with Crippen LogP contribution in [0, 0.1) is 0 Å². The lowest BCUT2D eigenvalue weighted by molar-refractivity contribution is 0.149. The highest BCUT2D eigenvalue weighted by molar-refractivity contribution is 5.07. The molecule has 2 atom stereocenters. The molecule has 0 bridgehead atoms. The molecule has 0 aliphatic carbocycles. The van der Waals surface area contributed by atoms with Crippen LogP contribution in [0.15, 0.2) is 24.4 Å². The summed E-state index contributed by atoms with van der Waals surface area (Å²) in [4.78, 5) is 3.97. The summed E-state index contributed by atoms with van der Waals surface area (Å²) in [6.45, 7) is 1.75. The van der Waals surface area contributed by atoms with Gasteiger partial charge in [0.1, 0.15) is 6.10 Å². The van der Waals surface area contributed by atoms with Gasteiger partial charge in [-0.2, -0.15) is 0 Å². The third-order valence-corrected chi connectivity index (χ3v) is 1.49. The van der Waals surface area contributed by atoms with Crippen LogP contribution in [-0.2, 0) is 0 Å². The molecular weight excluding hydrogens is 140 g/mol. The van der Waals surface area contributed by atoms with Crippen LogP contribution in [-0.4, -0.2) is 16.1 Å². The van der Waals surface area contributed by atoms with Gasteiger partial charge < -0.3 is 10.8 Å². The van der Waals surface area contributed by atoms with Gasteiger partial charge in [0.15, 0.2) is 0 Å². The van der Waals surface area contributed by atoms with Crippen LogP contribution in [0.25, 0.3) is 0 Å². The molecule has 0 aliphatic rings. The molecule has 1 aromatic rings. The molecule has 1 heterocycles. The Balaban J connectivity index is 2.77. The number of aliphatic hydroxyl groups excluding tert-OH is 1. The Morgan fingerprint density at radius 1 is 1.55 bits per heavy atom. The predicted molar refractivity (Wildman–Crippen MR) is 42.8 cm³/mol. The van der Waals surface area contributed by atoms with Crippen molar-refractivity contribution in [1.29, 1.82) is 0 Å². The topological polar surface area (TPSA) is 59.1 Å². The zero-order chi connectivity index (χ0) is 8.27. The van der Waals surface area contributed by atoms with E-state index in [1.807, 2.05) is 6.07 Å². The molecule has 0 radical (unpaired) electrons. The molecule has 0 unspecified atom stereocenters. The normalized spacial score (nSPS) is 15.9. The second-order valence-electron chi connectivity index (χ2n) is 2.56. The molecule has 1 rings (SSSR count). The van der Waals surface area contributed by atoms with E-state index >= 15 is 0 Å². The number of nitrogens with zero attached hydrogens (tertiary/aromatic N) is 1. The van der Waals surface area contributed by atoms with E-state index in [0.717, 1.165) is 0 Å². The largest absolute Gasteiger partial charge is 0.385 e. The van der Waals surface area contributed by atoms with Gasteiger partial charge in [0.05, 0.1) is 5.69 Å². The van der Waals surface area contributed by atoms with E-state index in [4.69, 9.17) is 5.73 Å². The van der Waals surface area contributed by atoms with E-state index in [-0.39, 0.29) is 6.04 Å². The second kappa shape index (κ2) is 3.46. The Bertz CT molecular complexity index is 211. The van der Waals surface area contributed by atoms with Crippen molar-refractivity contribution < 1.29 is 5.11 Å². The van der Waals surface area contributed by atoms with Gasteiger partial charge in [0.25, 0.3) is 0 Å². The minimum atomic E-state index is -0.656. The summed E-state index contributed by atoms with van der Waals surface area (Å²) in [5.41, 5.74) is 6.11. The van der Waals surface area contributed by atoms with Crippen molar-refractivity contribution in [2.24, 2.45) is 5.73 Å². The molecule has 0 saturated carbocycles. The Morgan fingerprint density at radius 2 is 2.27 bits per heavy atom. The quantitative estimate of drug-likeness (QED) is 0.647. The smallest absolute Gasteiger partial charge is 0.111 e. The first kappa shape index (κ1) is 8.17. The van der Waals surface area contributed by atoms with Crippen LogP contribution in [0.4, 0.5) is 0 Å². The van der Waals surface area contributed by atoms with Gasteiger partial charge in [0, 0.05) is 12.2 Å². The van der Waals surface area contributed by atoms with Gasteiger partial charge in [-0.1, -0.05) is 6.07 Å². The van der Waals surface area contributed by atoms with Gasteiger partial charge in [-0.25, -0.2) is 0 Å². The van der Waals surface area contributed by atoms with E-state index in [0.29, 0.717) is 5.69 Å². The number of aliphatic hydroxyl groups is 1. The first-order valence-corrected chi connectivity index (χ1v) is 3.56. The van der Waals surface area contributed by atoms with Crippen LogP contribution in [0.5, 0.6) is 0 Å². The lowest BCUT2D eigenvalue weighted by Gasteiger charge is -2.12. The molecule has 0 saturated heterocycles. The minimum Gasteiger partial charge on any atom is -0.385 e. The highest BCUT2D eigenvalue weighted by Gasteiger charge is 2.12. The third-order valence-electron chi connectivity index (χ3n) is 1.49. The highest BCUT2D eigenvalue weighted by Crippen LogP contribution is 2.10. The van der Waals surface area contributed by atoms with Gasteiger partial charge in [-0.15, -0.1) is 0 Å². The molecule has 60 valence electrons. The molecule has 0 amide bonds. The maximum Gasteiger partial charge on any atom is 0.111 e. The van der Waals surface area contributed by atoms with Crippen molar-refractivity contribution in [3.63, 3.8) is 0 Å². The summed E-state index contributed by atoms with van der Waals surface area (Å²) in [6, 6.07) is 5.12. The van der Waals surface area contributed by atoms with Crippen molar-refractivity contribution in [2.75, 3.05) is 0 Å². The average Bonchev–Trinajstić information content (AvgIpc) is 2.05. The van der Waals surface area contributed by atoms with Crippen LogP contribution >= 0.6 is 0 Å². The van der Waals surface area contributed by atoms with Crippen LogP contribution in [0.1, 0.15) is 18.7 Å². The van der Waals surface area contributed by atoms with Gasteiger partial charge in [0.2, 0.25) is 0 Å². The number of hydrogen-bond acceptors (Lipinski definition) is 3. The van der Waals surface area contributed by atoms with Crippen molar-refractivity contribution in [3.8, 4) is 0 Å². The van der Waals surface area contributed by atoms with Crippen molar-refractivity contribution in [3.05, 3.63) is 30.1 Å². The highest BCUT2D eigenvalue weighted by atomic mass is 16.3. The molecule has 0 spiro atoms. The van der Waals surface area contributed by atoms with Gasteiger partial charge in [-0.05, 0) is 19.1 Å². The van der Waals surface area contributed by atoms with Crippen molar-refractivity contribution in [2.45, 2.75) is 19.1 Å². The molecule has 1 aromatic heterocycles. The second-order valence-corrected chi connectivity index (χ2v) is 2.56. The van der Waals surface area contributed by atoms with E-state index in [1.165, 1.54) is 0 Å². The van der Waals surface area contributed by atoms with E-state index in [9.17, 15) is 5.11 Å². The minimum absolute atomic E-state index is 0.273. The van der Waals surface area contributed by atoms with Crippen molar-refractivity contribution in [1.82, 2.24) is 4.98 Å². The molecule has 3 nitrogen and oxygen atoms in total. The maximum absolute atomic E-state index is 9.41. The Morgan fingerprint density at radius 3 is 2.73 bits per heavy atom. The number of hydrogen-bond donors (Lipinski definition) is 2. The lowest BCUT2D eigenvalue weighted by Crippen LogP contribution is -2.24. The number of pyridine rings is 1. The number of nitrogens with two attached hydrogens (primary N) is 1. The maximum atomic E-state index is 9.41. The molecule has 0 aromatic carbocycles. The average molecular weight is 152 g/mol. The zero-order valence-corrected chi connectivity index (χ0v) is 6.44. The van der Waals surface area contributed by atoms with Gasteiger partial charge in [-0.3, -0.25) is 4.98 Å². The summed E-state index contributed by atoms with van der Waals surface area (Å²) in [5, 5.41) is 9.41. The Kier molecular flexibility index (Phi) is 2.57. The van der Waals surface area contributed by atoms with Crippen LogP contribution < -0.4 is 5.73 Å². The monoisotopic (exact) mass is 152 g/mol. The summed E-state index contributed by atoms with van der Waals surface area (Å²) in [6.07, 6.45) is 0.984. The Labute approximate surface area is 65.9 Å². The summed E-state index contributed by atoms with van der Waals surface area (Å²) >= 11 is 0. The third kappa shape index (κ3) is 2.00.